The Balaban J connectivity index is 1.93. The van der Waals surface area contributed by atoms with Crippen LogP contribution in [0.25, 0.3) is 0 Å². The molecule has 0 saturated carbocycles. The maximum Gasteiger partial charge on any atom is 0.0178 e. The van der Waals surface area contributed by atoms with E-state index in [1.165, 1.54) is 23.1 Å². The van der Waals surface area contributed by atoms with E-state index < -0.39 is 0 Å². The third-order valence-corrected chi connectivity index (χ3v) is 4.26. The molecule has 1 unspecified atom stereocenters. The molecule has 112 valence electrons. The summed E-state index contributed by atoms with van der Waals surface area (Å²) in [5.41, 5.74) is 4.15. The van der Waals surface area contributed by atoms with E-state index in [4.69, 9.17) is 0 Å². The lowest BCUT2D eigenvalue weighted by molar-refractivity contribution is 0.491. The lowest BCUT2D eigenvalue weighted by Crippen LogP contribution is -2.31. The molecular weight excluding hydrogens is 322 g/mol. The van der Waals surface area contributed by atoms with Crippen molar-refractivity contribution >= 4 is 15.9 Å². The first kappa shape index (κ1) is 16.3. The largest absolute Gasteiger partial charge is 0.314 e. The molecule has 0 aliphatic rings. The van der Waals surface area contributed by atoms with E-state index in [9.17, 15) is 0 Å². The first-order valence-electron chi connectivity index (χ1n) is 7.70. The van der Waals surface area contributed by atoms with E-state index in [0.29, 0.717) is 6.04 Å². The van der Waals surface area contributed by atoms with Gasteiger partial charge >= 0.3 is 0 Å². The molecule has 0 heterocycles. The molecule has 0 amide bonds. The SMILES string of the molecule is CCNC(CCc1ccc(C)cc1)Cc1cccc(Br)c1. The number of likely N-dealkylation sites (N-methyl/N-ethyl adjacent to an activating group) is 1. The highest BCUT2D eigenvalue weighted by molar-refractivity contribution is 9.10. The van der Waals surface area contributed by atoms with Gasteiger partial charge in [0.05, 0.1) is 0 Å². The van der Waals surface area contributed by atoms with Crippen molar-refractivity contribution in [2.75, 3.05) is 6.54 Å². The normalized spacial score (nSPS) is 12.3. The van der Waals surface area contributed by atoms with Gasteiger partial charge in [0.15, 0.2) is 0 Å². The Morgan fingerprint density at radius 3 is 2.48 bits per heavy atom. The number of benzene rings is 2. The smallest absolute Gasteiger partial charge is 0.0178 e. The van der Waals surface area contributed by atoms with E-state index >= 15 is 0 Å². The first-order chi connectivity index (χ1) is 10.2. The van der Waals surface area contributed by atoms with Crippen molar-refractivity contribution in [1.82, 2.24) is 5.32 Å². The van der Waals surface area contributed by atoms with Crippen molar-refractivity contribution < 1.29 is 0 Å². The highest BCUT2D eigenvalue weighted by Crippen LogP contribution is 2.15. The van der Waals surface area contributed by atoms with Crippen LogP contribution in [-0.4, -0.2) is 12.6 Å². The van der Waals surface area contributed by atoms with E-state index in [-0.39, 0.29) is 0 Å². The van der Waals surface area contributed by atoms with E-state index in [2.05, 4.69) is 83.6 Å². The molecule has 0 aliphatic carbocycles. The van der Waals surface area contributed by atoms with Gasteiger partial charge in [0.1, 0.15) is 0 Å². The molecule has 1 N–H and O–H groups in total. The summed E-state index contributed by atoms with van der Waals surface area (Å²) < 4.78 is 1.16. The Kier molecular flexibility index (Phi) is 6.47. The van der Waals surface area contributed by atoms with Crippen molar-refractivity contribution in [2.24, 2.45) is 0 Å². The quantitative estimate of drug-likeness (QED) is 0.751. The summed E-state index contributed by atoms with van der Waals surface area (Å²) in [4.78, 5) is 0. The summed E-state index contributed by atoms with van der Waals surface area (Å²) in [5, 5.41) is 3.62. The van der Waals surface area contributed by atoms with Gasteiger partial charge in [-0.1, -0.05) is 64.8 Å². The highest BCUT2D eigenvalue weighted by atomic mass is 79.9. The van der Waals surface area contributed by atoms with E-state index in [1.54, 1.807) is 0 Å². The predicted molar refractivity (Wildman–Crippen MR) is 94.8 cm³/mol. The van der Waals surface area contributed by atoms with Crippen LogP contribution in [-0.2, 0) is 12.8 Å². The standard InChI is InChI=1S/C19H24BrN/c1-3-21-19(14-17-5-4-6-18(20)13-17)12-11-16-9-7-15(2)8-10-16/h4-10,13,19,21H,3,11-12,14H2,1-2H3. The summed E-state index contributed by atoms with van der Waals surface area (Å²) in [6.45, 7) is 5.34. The molecule has 0 fully saturated rings. The fourth-order valence-corrected chi connectivity index (χ4v) is 3.06. The molecule has 0 spiro atoms. The predicted octanol–water partition coefficient (Wildman–Crippen LogP) is 4.91. The molecule has 1 atom stereocenters. The number of nitrogens with one attached hydrogen (secondary N) is 1. The molecule has 2 aromatic rings. The van der Waals surface area contributed by atoms with E-state index in [1.807, 2.05) is 0 Å². The Labute approximate surface area is 136 Å². The summed E-state index contributed by atoms with van der Waals surface area (Å²) >= 11 is 3.55. The van der Waals surface area contributed by atoms with Crippen LogP contribution in [0.4, 0.5) is 0 Å². The molecule has 0 aliphatic heterocycles. The molecular formula is C19H24BrN. The zero-order valence-corrected chi connectivity index (χ0v) is 14.5. The van der Waals surface area contributed by atoms with Crippen molar-refractivity contribution in [2.45, 2.75) is 39.2 Å². The maximum absolute atomic E-state index is 3.62. The van der Waals surface area contributed by atoms with Gasteiger partial charge in [-0.2, -0.15) is 0 Å². The summed E-state index contributed by atoms with van der Waals surface area (Å²) in [5.74, 6) is 0. The second-order valence-electron chi connectivity index (χ2n) is 5.61. The molecule has 0 radical (unpaired) electrons. The van der Waals surface area contributed by atoms with Crippen LogP contribution in [0.3, 0.4) is 0 Å². The molecule has 2 rings (SSSR count). The Morgan fingerprint density at radius 1 is 1.05 bits per heavy atom. The molecule has 2 heteroatoms. The fourth-order valence-electron chi connectivity index (χ4n) is 2.61. The first-order valence-corrected chi connectivity index (χ1v) is 8.50. The van der Waals surface area contributed by atoms with Gasteiger partial charge in [0.25, 0.3) is 0 Å². The van der Waals surface area contributed by atoms with Gasteiger partial charge in [-0.25, -0.2) is 0 Å². The number of halogens is 1. The lowest BCUT2D eigenvalue weighted by Gasteiger charge is -2.18. The van der Waals surface area contributed by atoms with E-state index in [0.717, 1.165) is 23.9 Å². The second-order valence-corrected chi connectivity index (χ2v) is 6.53. The van der Waals surface area contributed by atoms with Crippen LogP contribution in [0, 0.1) is 6.92 Å². The minimum absolute atomic E-state index is 0.533. The van der Waals surface area contributed by atoms with Gasteiger partial charge in [0.2, 0.25) is 0 Å². The summed E-state index contributed by atoms with van der Waals surface area (Å²) in [7, 11) is 0. The van der Waals surface area contributed by atoms with Crippen LogP contribution in [0.1, 0.15) is 30.0 Å². The van der Waals surface area contributed by atoms with Gasteiger partial charge in [-0.15, -0.1) is 0 Å². The molecule has 1 nitrogen and oxygen atoms in total. The number of hydrogen-bond donors (Lipinski definition) is 1. The molecule has 0 saturated heterocycles. The van der Waals surface area contributed by atoms with Crippen molar-refractivity contribution in [3.8, 4) is 0 Å². The fraction of sp³-hybridized carbons (Fsp3) is 0.368. The second kappa shape index (κ2) is 8.35. The topological polar surface area (TPSA) is 12.0 Å². The maximum atomic E-state index is 3.62. The van der Waals surface area contributed by atoms with Crippen LogP contribution >= 0.6 is 15.9 Å². The van der Waals surface area contributed by atoms with Gasteiger partial charge in [0, 0.05) is 10.5 Å². The molecule has 0 aromatic heterocycles. The Bertz CT molecular complexity index is 548. The van der Waals surface area contributed by atoms with Crippen LogP contribution in [0.15, 0.2) is 53.0 Å². The van der Waals surface area contributed by atoms with Crippen molar-refractivity contribution in [1.29, 1.82) is 0 Å². The van der Waals surface area contributed by atoms with Crippen molar-refractivity contribution in [3.05, 3.63) is 69.7 Å². The number of rotatable bonds is 7. The van der Waals surface area contributed by atoms with Gasteiger partial charge in [-0.05, 0) is 56.0 Å². The number of hydrogen-bond acceptors (Lipinski definition) is 1. The van der Waals surface area contributed by atoms with Crippen LogP contribution in [0.2, 0.25) is 0 Å². The molecule has 0 bridgehead atoms. The molecule has 2 aromatic carbocycles. The average Bonchev–Trinajstić information content (AvgIpc) is 2.47. The number of aryl methyl sites for hydroxylation is 2. The Hall–Kier alpha value is -1.12. The lowest BCUT2D eigenvalue weighted by atomic mass is 9.98. The summed E-state index contributed by atoms with van der Waals surface area (Å²) in [6, 6.07) is 18.1. The van der Waals surface area contributed by atoms with Crippen LogP contribution in [0.5, 0.6) is 0 Å². The van der Waals surface area contributed by atoms with Crippen molar-refractivity contribution in [3.63, 3.8) is 0 Å². The van der Waals surface area contributed by atoms with Gasteiger partial charge < -0.3 is 5.32 Å². The average molecular weight is 346 g/mol. The summed E-state index contributed by atoms with van der Waals surface area (Å²) in [6.07, 6.45) is 3.38. The third kappa shape index (κ3) is 5.64. The third-order valence-electron chi connectivity index (χ3n) is 3.77. The van der Waals surface area contributed by atoms with Crippen LogP contribution < -0.4 is 5.32 Å². The monoisotopic (exact) mass is 345 g/mol. The zero-order chi connectivity index (χ0) is 15.1. The highest BCUT2D eigenvalue weighted by Gasteiger charge is 2.09. The molecule has 21 heavy (non-hydrogen) atoms. The minimum Gasteiger partial charge on any atom is -0.314 e. The minimum atomic E-state index is 0.533. The van der Waals surface area contributed by atoms with Gasteiger partial charge in [-0.3, -0.25) is 0 Å². The zero-order valence-electron chi connectivity index (χ0n) is 12.9. The Morgan fingerprint density at radius 2 is 1.81 bits per heavy atom.